The van der Waals surface area contributed by atoms with E-state index in [0.717, 1.165) is 19.0 Å². The van der Waals surface area contributed by atoms with Gasteiger partial charge < -0.3 is 10.2 Å². The molecule has 1 saturated carbocycles. The maximum atomic E-state index is 15.0. The molecular formula is C22H21F4N7O. The van der Waals surface area contributed by atoms with Crippen LogP contribution in [0.1, 0.15) is 35.8 Å². The van der Waals surface area contributed by atoms with Crippen LogP contribution >= 0.6 is 0 Å². The molecule has 3 fully saturated rings. The van der Waals surface area contributed by atoms with E-state index < -0.39 is 23.6 Å². The summed E-state index contributed by atoms with van der Waals surface area (Å²) in [4.78, 5) is 23.8. The van der Waals surface area contributed by atoms with Crippen LogP contribution in [0, 0.1) is 17.7 Å². The van der Waals surface area contributed by atoms with Crippen LogP contribution < -0.4 is 5.32 Å². The summed E-state index contributed by atoms with van der Waals surface area (Å²) >= 11 is 0. The van der Waals surface area contributed by atoms with Gasteiger partial charge in [-0.25, -0.2) is 14.4 Å². The SMILES string of the molecule is C[C@@H]1C2CC(C2)N(C(=O)c2c(F)cccc2-n2nccn2)C1CNc1cnc(C(F)(F)F)cn1. The highest BCUT2D eigenvalue weighted by Gasteiger charge is 2.51. The summed E-state index contributed by atoms with van der Waals surface area (Å²) in [7, 11) is 0. The first-order valence-corrected chi connectivity index (χ1v) is 10.8. The van der Waals surface area contributed by atoms with E-state index in [1.807, 2.05) is 6.92 Å². The number of aromatic nitrogens is 5. The molecule has 2 saturated heterocycles. The Balaban J connectivity index is 1.41. The normalized spacial score (nSPS) is 24.0. The molecule has 12 heteroatoms. The third-order valence-corrected chi connectivity index (χ3v) is 6.76. The molecular weight excluding hydrogens is 454 g/mol. The van der Waals surface area contributed by atoms with Gasteiger partial charge in [0.05, 0.1) is 30.8 Å². The van der Waals surface area contributed by atoms with E-state index >= 15 is 0 Å². The number of benzene rings is 1. The predicted molar refractivity (Wildman–Crippen MR) is 112 cm³/mol. The van der Waals surface area contributed by atoms with E-state index in [1.165, 1.54) is 29.3 Å². The fourth-order valence-electron chi connectivity index (χ4n) is 4.86. The molecule has 8 nitrogen and oxygen atoms in total. The molecule has 2 atom stereocenters. The minimum Gasteiger partial charge on any atom is -0.367 e. The molecule has 4 heterocycles. The fraction of sp³-hybridized carbons (Fsp3) is 0.409. The first-order valence-electron chi connectivity index (χ1n) is 10.8. The molecule has 6 rings (SSSR count). The Morgan fingerprint density at radius 1 is 1.15 bits per heavy atom. The summed E-state index contributed by atoms with van der Waals surface area (Å²) in [5, 5.41) is 11.1. The van der Waals surface area contributed by atoms with Gasteiger partial charge in [0, 0.05) is 12.6 Å². The number of nitrogens with one attached hydrogen (secondary N) is 1. The maximum absolute atomic E-state index is 15.0. The number of carbonyl (C=O) groups is 1. The Kier molecular flexibility index (Phi) is 5.45. The van der Waals surface area contributed by atoms with Gasteiger partial charge in [-0.15, -0.1) is 0 Å². The van der Waals surface area contributed by atoms with Crippen molar-refractivity contribution in [3.8, 4) is 5.69 Å². The van der Waals surface area contributed by atoms with Gasteiger partial charge in [-0.1, -0.05) is 13.0 Å². The standard InChI is InChI=1S/C22H21F4N7O/c1-12-13-7-14(8-13)32(17(12)9-28-19-11-27-18(10-29-19)22(24,25)26)21(34)20-15(23)3-2-4-16(20)33-30-5-6-31-33/h2-6,10-14,17H,7-9H2,1H3,(H,28,29)/t12-,13?,14?,17?/m1/s1. The lowest BCUT2D eigenvalue weighted by atomic mass is 9.64. The lowest BCUT2D eigenvalue weighted by Crippen LogP contribution is -2.64. The second kappa shape index (κ2) is 8.33. The second-order valence-electron chi connectivity index (χ2n) is 8.64. The minimum absolute atomic E-state index is 0.0442. The van der Waals surface area contributed by atoms with Crippen molar-refractivity contribution in [2.45, 2.75) is 38.0 Å². The van der Waals surface area contributed by atoms with Gasteiger partial charge >= 0.3 is 6.18 Å². The lowest BCUT2D eigenvalue weighted by molar-refractivity contribution is -0.141. The van der Waals surface area contributed by atoms with E-state index in [2.05, 4.69) is 25.5 Å². The van der Waals surface area contributed by atoms with Gasteiger partial charge in [0.25, 0.3) is 5.91 Å². The quantitative estimate of drug-likeness (QED) is 0.568. The van der Waals surface area contributed by atoms with Crippen LogP contribution in [0.25, 0.3) is 5.69 Å². The fourth-order valence-corrected chi connectivity index (χ4v) is 4.86. The average Bonchev–Trinajstić information content (AvgIpc) is 3.31. The summed E-state index contributed by atoms with van der Waals surface area (Å²) in [5.74, 6) is -0.451. The zero-order valence-electron chi connectivity index (χ0n) is 18.1. The number of amides is 1. The maximum Gasteiger partial charge on any atom is 0.434 e. The van der Waals surface area contributed by atoms with E-state index in [0.29, 0.717) is 12.1 Å². The van der Waals surface area contributed by atoms with Crippen molar-refractivity contribution >= 4 is 11.7 Å². The van der Waals surface area contributed by atoms with Gasteiger partial charge in [-0.2, -0.15) is 28.2 Å². The van der Waals surface area contributed by atoms with Crippen LogP contribution in [0.3, 0.4) is 0 Å². The number of hydrogen-bond acceptors (Lipinski definition) is 6. The third-order valence-electron chi connectivity index (χ3n) is 6.76. The van der Waals surface area contributed by atoms with Gasteiger partial charge in [0.15, 0.2) is 5.69 Å². The topological polar surface area (TPSA) is 88.8 Å². The number of carbonyl (C=O) groups excluding carboxylic acids is 1. The number of halogens is 4. The van der Waals surface area contributed by atoms with Crippen LogP contribution in [0.5, 0.6) is 0 Å². The number of fused-ring (bicyclic) bond motifs is 2. The predicted octanol–water partition coefficient (Wildman–Crippen LogP) is 3.57. The van der Waals surface area contributed by atoms with E-state index in [1.54, 1.807) is 11.0 Å². The Morgan fingerprint density at radius 3 is 2.53 bits per heavy atom. The summed E-state index contributed by atoms with van der Waals surface area (Å²) < 4.78 is 53.2. The third kappa shape index (κ3) is 3.86. The number of piperidine rings is 2. The number of anilines is 1. The van der Waals surface area contributed by atoms with Crippen molar-refractivity contribution < 1.29 is 22.4 Å². The van der Waals surface area contributed by atoms with E-state index in [4.69, 9.17) is 0 Å². The molecule has 3 aliphatic rings. The molecule has 3 aromatic rings. The van der Waals surface area contributed by atoms with Crippen LogP contribution in [0.4, 0.5) is 23.4 Å². The number of nitrogens with zero attached hydrogens (tertiary/aromatic N) is 6. The molecule has 2 aromatic heterocycles. The smallest absolute Gasteiger partial charge is 0.367 e. The first kappa shape index (κ1) is 22.2. The number of alkyl halides is 3. The van der Waals surface area contributed by atoms with Crippen molar-refractivity contribution in [1.29, 1.82) is 0 Å². The first-order chi connectivity index (χ1) is 16.2. The minimum atomic E-state index is -4.57. The molecule has 0 radical (unpaired) electrons. The molecule has 1 aromatic carbocycles. The van der Waals surface area contributed by atoms with Gasteiger partial charge in [0.2, 0.25) is 0 Å². The summed E-state index contributed by atoms with van der Waals surface area (Å²) in [6.07, 6.45) is 1.64. The Bertz CT molecular complexity index is 1180. The van der Waals surface area contributed by atoms with Crippen LogP contribution in [0.2, 0.25) is 0 Å². The Morgan fingerprint density at radius 2 is 1.88 bits per heavy atom. The average molecular weight is 475 g/mol. The molecule has 2 bridgehead atoms. The monoisotopic (exact) mass is 475 g/mol. The summed E-state index contributed by atoms with van der Waals surface area (Å²) in [6, 6.07) is 3.94. The molecule has 1 N–H and O–H groups in total. The number of hydrogen-bond donors (Lipinski definition) is 1. The zero-order valence-corrected chi connectivity index (χ0v) is 18.1. The molecule has 1 unspecified atom stereocenters. The molecule has 34 heavy (non-hydrogen) atoms. The Labute approximate surface area is 192 Å². The van der Waals surface area contributed by atoms with Crippen molar-refractivity contribution in [2.24, 2.45) is 11.8 Å². The summed E-state index contributed by atoms with van der Waals surface area (Å²) in [5.41, 5.74) is -0.957. The van der Waals surface area contributed by atoms with Crippen molar-refractivity contribution in [1.82, 2.24) is 29.9 Å². The summed E-state index contributed by atoms with van der Waals surface area (Å²) in [6.45, 7) is 2.27. The van der Waals surface area contributed by atoms with Gasteiger partial charge in [-0.05, 0) is 36.8 Å². The van der Waals surface area contributed by atoms with Crippen molar-refractivity contribution in [3.05, 3.63) is 60.1 Å². The van der Waals surface area contributed by atoms with Crippen molar-refractivity contribution in [3.63, 3.8) is 0 Å². The number of rotatable bonds is 5. The van der Waals surface area contributed by atoms with Crippen LogP contribution in [0.15, 0.2) is 43.0 Å². The van der Waals surface area contributed by atoms with Gasteiger partial charge in [0.1, 0.15) is 22.9 Å². The molecule has 0 spiro atoms. The van der Waals surface area contributed by atoms with Crippen LogP contribution in [-0.4, -0.2) is 54.4 Å². The van der Waals surface area contributed by atoms with Crippen LogP contribution in [-0.2, 0) is 6.18 Å². The highest BCUT2D eigenvalue weighted by Crippen LogP contribution is 2.47. The van der Waals surface area contributed by atoms with E-state index in [9.17, 15) is 22.4 Å². The van der Waals surface area contributed by atoms with Crippen molar-refractivity contribution in [2.75, 3.05) is 11.9 Å². The molecule has 178 valence electrons. The largest absolute Gasteiger partial charge is 0.434 e. The Hall–Kier alpha value is -3.57. The second-order valence-corrected chi connectivity index (χ2v) is 8.64. The van der Waals surface area contributed by atoms with Gasteiger partial charge in [-0.3, -0.25) is 4.79 Å². The highest BCUT2D eigenvalue weighted by atomic mass is 19.4. The lowest BCUT2D eigenvalue weighted by Gasteiger charge is -2.57. The molecule has 1 amide bonds. The molecule has 1 aliphatic carbocycles. The van der Waals surface area contributed by atoms with E-state index in [-0.39, 0.29) is 41.6 Å². The molecule has 2 aliphatic heterocycles. The highest BCUT2D eigenvalue weighted by molar-refractivity contribution is 5.98. The zero-order chi connectivity index (χ0) is 24.0.